The first-order valence-electron chi connectivity index (χ1n) is 5.08. The first-order chi connectivity index (χ1) is 7.00. The lowest BCUT2D eigenvalue weighted by Crippen LogP contribution is -2.33. The van der Waals surface area contributed by atoms with E-state index in [2.05, 4.69) is 24.1 Å². The number of nitrogens with zero attached hydrogens (tertiary/aromatic N) is 2. The molecule has 0 radical (unpaired) electrons. The van der Waals surface area contributed by atoms with Gasteiger partial charge in [-0.2, -0.15) is 0 Å². The standard InChI is InChI=1S/C10H18N4O/c1-7(2)6-14-5-4-12-10(14)13-9(15)8(3)11/h4-5,7-8H,6,11H2,1-3H3,(H,12,13,15)/t8-/m1/s1. The van der Waals surface area contributed by atoms with Gasteiger partial charge in [-0.15, -0.1) is 0 Å². The molecule has 0 saturated heterocycles. The Bertz CT molecular complexity index is 330. The van der Waals surface area contributed by atoms with Crippen LogP contribution in [0.5, 0.6) is 0 Å². The van der Waals surface area contributed by atoms with E-state index < -0.39 is 6.04 Å². The fourth-order valence-corrected chi connectivity index (χ4v) is 1.20. The van der Waals surface area contributed by atoms with Crippen LogP contribution in [0.4, 0.5) is 5.95 Å². The number of nitrogens with one attached hydrogen (secondary N) is 1. The molecular formula is C10H18N4O. The maximum Gasteiger partial charge on any atom is 0.243 e. The summed E-state index contributed by atoms with van der Waals surface area (Å²) in [4.78, 5) is 15.4. The van der Waals surface area contributed by atoms with Crippen LogP contribution in [0.1, 0.15) is 20.8 Å². The van der Waals surface area contributed by atoms with Crippen molar-refractivity contribution in [3.63, 3.8) is 0 Å². The minimum atomic E-state index is -0.519. The third-order valence-corrected chi connectivity index (χ3v) is 1.93. The van der Waals surface area contributed by atoms with Crippen LogP contribution < -0.4 is 11.1 Å². The van der Waals surface area contributed by atoms with Crippen LogP contribution in [0, 0.1) is 5.92 Å². The van der Waals surface area contributed by atoms with Crippen molar-refractivity contribution >= 4 is 11.9 Å². The van der Waals surface area contributed by atoms with Crippen LogP contribution in [0.2, 0.25) is 0 Å². The van der Waals surface area contributed by atoms with Gasteiger partial charge in [0.1, 0.15) is 0 Å². The van der Waals surface area contributed by atoms with Crippen molar-refractivity contribution in [1.29, 1.82) is 0 Å². The molecule has 0 aromatic carbocycles. The molecule has 0 spiro atoms. The van der Waals surface area contributed by atoms with Gasteiger partial charge in [0, 0.05) is 18.9 Å². The highest BCUT2D eigenvalue weighted by Gasteiger charge is 2.11. The lowest BCUT2D eigenvalue weighted by Gasteiger charge is -2.11. The molecule has 0 aliphatic heterocycles. The molecule has 1 rings (SSSR count). The summed E-state index contributed by atoms with van der Waals surface area (Å²) in [5.74, 6) is 0.849. The van der Waals surface area contributed by atoms with Gasteiger partial charge in [-0.3, -0.25) is 10.1 Å². The average Bonchev–Trinajstić information content (AvgIpc) is 2.51. The van der Waals surface area contributed by atoms with Gasteiger partial charge in [0.2, 0.25) is 11.9 Å². The highest BCUT2D eigenvalue weighted by molar-refractivity contribution is 5.92. The second-order valence-electron chi connectivity index (χ2n) is 4.07. The fraction of sp³-hybridized carbons (Fsp3) is 0.600. The number of carbonyl (C=O) groups excluding carboxylic acids is 1. The number of hydrogen-bond acceptors (Lipinski definition) is 3. The van der Waals surface area contributed by atoms with Gasteiger partial charge in [-0.1, -0.05) is 13.8 Å². The van der Waals surface area contributed by atoms with Crippen LogP contribution in [0.15, 0.2) is 12.4 Å². The first kappa shape index (κ1) is 11.7. The summed E-state index contributed by atoms with van der Waals surface area (Å²) in [6.07, 6.45) is 3.51. The highest BCUT2D eigenvalue weighted by atomic mass is 16.2. The Kier molecular flexibility index (Phi) is 3.85. The van der Waals surface area contributed by atoms with E-state index in [4.69, 9.17) is 5.73 Å². The number of imidazole rings is 1. The van der Waals surface area contributed by atoms with Crippen molar-refractivity contribution in [2.45, 2.75) is 33.4 Å². The Hall–Kier alpha value is -1.36. The number of rotatable bonds is 4. The van der Waals surface area contributed by atoms with Crippen molar-refractivity contribution in [3.8, 4) is 0 Å². The SMILES string of the molecule is CC(C)Cn1ccnc1NC(=O)[C@@H](C)N. The zero-order valence-electron chi connectivity index (χ0n) is 9.40. The number of carbonyl (C=O) groups is 1. The van der Waals surface area contributed by atoms with Crippen LogP contribution in [-0.4, -0.2) is 21.5 Å². The summed E-state index contributed by atoms with van der Waals surface area (Å²) in [6, 6.07) is -0.519. The van der Waals surface area contributed by atoms with Crippen LogP contribution in [-0.2, 0) is 11.3 Å². The van der Waals surface area contributed by atoms with E-state index >= 15 is 0 Å². The third kappa shape index (κ3) is 3.36. The molecule has 84 valence electrons. The second-order valence-corrected chi connectivity index (χ2v) is 4.07. The molecule has 1 aromatic heterocycles. The molecular weight excluding hydrogens is 192 g/mol. The monoisotopic (exact) mass is 210 g/mol. The quantitative estimate of drug-likeness (QED) is 0.773. The predicted octanol–water partition coefficient (Wildman–Crippen LogP) is 0.825. The predicted molar refractivity (Wildman–Crippen MR) is 59.3 cm³/mol. The van der Waals surface area contributed by atoms with Gasteiger partial charge in [0.15, 0.2) is 0 Å². The Labute approximate surface area is 89.7 Å². The van der Waals surface area contributed by atoms with E-state index in [1.54, 1.807) is 13.1 Å². The maximum absolute atomic E-state index is 11.4. The van der Waals surface area contributed by atoms with E-state index in [1.165, 1.54) is 0 Å². The lowest BCUT2D eigenvalue weighted by molar-refractivity contribution is -0.117. The molecule has 0 fully saturated rings. The molecule has 1 atom stereocenters. The Morgan fingerprint density at radius 1 is 1.60 bits per heavy atom. The zero-order chi connectivity index (χ0) is 11.4. The van der Waals surface area contributed by atoms with Crippen LogP contribution in [0.25, 0.3) is 0 Å². The van der Waals surface area contributed by atoms with Gasteiger partial charge in [0.05, 0.1) is 6.04 Å². The summed E-state index contributed by atoms with van der Waals surface area (Å²) in [6.45, 7) is 6.69. The molecule has 0 aliphatic rings. The number of nitrogens with two attached hydrogens (primary N) is 1. The highest BCUT2D eigenvalue weighted by Crippen LogP contribution is 2.08. The van der Waals surface area contributed by atoms with E-state index in [0.29, 0.717) is 11.9 Å². The number of anilines is 1. The van der Waals surface area contributed by atoms with Crippen LogP contribution in [0.3, 0.4) is 0 Å². The molecule has 0 unspecified atom stereocenters. The minimum absolute atomic E-state index is 0.216. The molecule has 15 heavy (non-hydrogen) atoms. The molecule has 0 aliphatic carbocycles. The summed E-state index contributed by atoms with van der Waals surface area (Å²) in [7, 11) is 0. The Morgan fingerprint density at radius 3 is 2.80 bits per heavy atom. The summed E-state index contributed by atoms with van der Waals surface area (Å²) >= 11 is 0. The van der Waals surface area contributed by atoms with Gasteiger partial charge < -0.3 is 10.3 Å². The van der Waals surface area contributed by atoms with Gasteiger partial charge >= 0.3 is 0 Å². The lowest BCUT2D eigenvalue weighted by atomic mass is 10.2. The number of aromatic nitrogens is 2. The molecule has 5 nitrogen and oxygen atoms in total. The van der Waals surface area contributed by atoms with Crippen LogP contribution >= 0.6 is 0 Å². The number of hydrogen-bond donors (Lipinski definition) is 2. The summed E-state index contributed by atoms with van der Waals surface area (Å²) in [5.41, 5.74) is 5.45. The van der Waals surface area contributed by atoms with Crippen molar-refractivity contribution in [1.82, 2.24) is 9.55 Å². The molecule has 0 saturated carbocycles. The minimum Gasteiger partial charge on any atom is -0.320 e. The van der Waals surface area contributed by atoms with E-state index in [9.17, 15) is 4.79 Å². The van der Waals surface area contributed by atoms with E-state index in [0.717, 1.165) is 6.54 Å². The average molecular weight is 210 g/mol. The van der Waals surface area contributed by atoms with Crippen molar-refractivity contribution in [2.24, 2.45) is 11.7 Å². The zero-order valence-corrected chi connectivity index (χ0v) is 9.40. The summed E-state index contributed by atoms with van der Waals surface area (Å²) < 4.78 is 1.91. The molecule has 5 heteroatoms. The maximum atomic E-state index is 11.4. The normalized spacial score (nSPS) is 12.9. The van der Waals surface area contributed by atoms with Crippen molar-refractivity contribution in [3.05, 3.63) is 12.4 Å². The molecule has 0 bridgehead atoms. The second kappa shape index (κ2) is 4.93. The summed E-state index contributed by atoms with van der Waals surface area (Å²) in [5, 5.41) is 2.68. The third-order valence-electron chi connectivity index (χ3n) is 1.93. The van der Waals surface area contributed by atoms with Gasteiger partial charge in [-0.05, 0) is 12.8 Å². The van der Waals surface area contributed by atoms with E-state index in [1.807, 2.05) is 10.8 Å². The molecule has 1 heterocycles. The molecule has 3 N–H and O–H groups in total. The van der Waals surface area contributed by atoms with Gasteiger partial charge in [0.25, 0.3) is 0 Å². The first-order valence-corrected chi connectivity index (χ1v) is 5.08. The fourth-order valence-electron chi connectivity index (χ4n) is 1.20. The van der Waals surface area contributed by atoms with Gasteiger partial charge in [-0.25, -0.2) is 4.98 Å². The number of amides is 1. The van der Waals surface area contributed by atoms with Crippen molar-refractivity contribution in [2.75, 3.05) is 5.32 Å². The topological polar surface area (TPSA) is 72.9 Å². The Balaban J connectivity index is 2.69. The van der Waals surface area contributed by atoms with E-state index in [-0.39, 0.29) is 5.91 Å². The molecule has 1 aromatic rings. The largest absolute Gasteiger partial charge is 0.320 e. The Morgan fingerprint density at radius 2 is 2.27 bits per heavy atom. The smallest absolute Gasteiger partial charge is 0.243 e. The van der Waals surface area contributed by atoms with Crippen molar-refractivity contribution < 1.29 is 4.79 Å². The molecule has 1 amide bonds.